The largest absolute Gasteiger partial charge is 0.478 e. The summed E-state index contributed by atoms with van der Waals surface area (Å²) in [5.41, 5.74) is -1.49. The Bertz CT molecular complexity index is 502. The molecule has 5 nitrogen and oxygen atoms in total. The standard InChI is InChI=1S/C11H9F2NO4/c1-2-3-18-11(17)14-8-5-6(12)4-7(9(8)13)10(15)16/h2,4-5H,1,3H2,(H,14,17)(H,15,16). The monoisotopic (exact) mass is 257 g/mol. The molecule has 1 amide bonds. The van der Waals surface area contributed by atoms with Crippen LogP contribution >= 0.6 is 0 Å². The van der Waals surface area contributed by atoms with Gasteiger partial charge in [-0.05, 0) is 6.07 Å². The van der Waals surface area contributed by atoms with Crippen LogP contribution in [0.4, 0.5) is 19.3 Å². The molecule has 0 aromatic heterocycles. The minimum Gasteiger partial charge on any atom is -0.478 e. The minimum atomic E-state index is -1.64. The third-order valence-electron chi connectivity index (χ3n) is 1.84. The van der Waals surface area contributed by atoms with Gasteiger partial charge in [0.25, 0.3) is 0 Å². The van der Waals surface area contributed by atoms with Gasteiger partial charge < -0.3 is 9.84 Å². The van der Waals surface area contributed by atoms with E-state index in [1.54, 1.807) is 0 Å². The zero-order valence-electron chi connectivity index (χ0n) is 9.07. The van der Waals surface area contributed by atoms with Crippen molar-refractivity contribution in [2.45, 2.75) is 0 Å². The first-order chi connectivity index (χ1) is 8.45. The molecule has 18 heavy (non-hydrogen) atoms. The fraction of sp³-hybridized carbons (Fsp3) is 0.0909. The Balaban J connectivity index is 2.98. The van der Waals surface area contributed by atoms with Gasteiger partial charge >= 0.3 is 12.1 Å². The van der Waals surface area contributed by atoms with E-state index in [0.717, 1.165) is 0 Å². The number of rotatable bonds is 4. The summed E-state index contributed by atoms with van der Waals surface area (Å²) in [4.78, 5) is 21.7. The number of carbonyl (C=O) groups is 2. The summed E-state index contributed by atoms with van der Waals surface area (Å²) in [6.45, 7) is 3.18. The highest BCUT2D eigenvalue weighted by Crippen LogP contribution is 2.20. The molecule has 0 heterocycles. The lowest BCUT2D eigenvalue weighted by atomic mass is 10.2. The van der Waals surface area contributed by atoms with Gasteiger partial charge in [-0.3, -0.25) is 5.32 Å². The first-order valence-corrected chi connectivity index (χ1v) is 4.72. The van der Waals surface area contributed by atoms with Gasteiger partial charge in [0.2, 0.25) is 0 Å². The van der Waals surface area contributed by atoms with Gasteiger partial charge in [0, 0.05) is 6.07 Å². The fourth-order valence-corrected chi connectivity index (χ4v) is 1.12. The van der Waals surface area contributed by atoms with Gasteiger partial charge in [0.1, 0.15) is 18.0 Å². The zero-order valence-corrected chi connectivity index (χ0v) is 9.07. The van der Waals surface area contributed by atoms with E-state index >= 15 is 0 Å². The van der Waals surface area contributed by atoms with Gasteiger partial charge in [-0.15, -0.1) is 0 Å². The Labute approximate surface area is 101 Å². The van der Waals surface area contributed by atoms with Crippen LogP contribution < -0.4 is 5.32 Å². The molecule has 0 aliphatic rings. The number of ether oxygens (including phenoxy) is 1. The molecule has 0 bridgehead atoms. The number of anilines is 1. The van der Waals surface area contributed by atoms with Crippen molar-refractivity contribution in [3.63, 3.8) is 0 Å². The SMILES string of the molecule is C=CCOC(=O)Nc1cc(F)cc(C(=O)O)c1F. The molecule has 1 rings (SSSR count). The normalized spacial score (nSPS) is 9.67. The van der Waals surface area contributed by atoms with Gasteiger partial charge in [-0.25, -0.2) is 18.4 Å². The summed E-state index contributed by atoms with van der Waals surface area (Å²) < 4.78 is 31.1. The average Bonchev–Trinajstić information content (AvgIpc) is 2.30. The number of nitrogens with one attached hydrogen (secondary N) is 1. The lowest BCUT2D eigenvalue weighted by Crippen LogP contribution is -2.16. The van der Waals surface area contributed by atoms with Crippen molar-refractivity contribution in [2.75, 3.05) is 11.9 Å². The number of carbonyl (C=O) groups excluding carboxylic acids is 1. The number of carboxylic acid groups (broad SMARTS) is 1. The van der Waals surface area contributed by atoms with E-state index in [1.807, 2.05) is 5.32 Å². The topological polar surface area (TPSA) is 75.6 Å². The van der Waals surface area contributed by atoms with Crippen molar-refractivity contribution >= 4 is 17.7 Å². The molecule has 0 spiro atoms. The Kier molecular flexibility index (Phi) is 4.36. The molecule has 0 saturated heterocycles. The number of hydrogen-bond donors (Lipinski definition) is 2. The summed E-state index contributed by atoms with van der Waals surface area (Å²) in [7, 11) is 0. The van der Waals surface area contributed by atoms with Gasteiger partial charge in [0.05, 0.1) is 5.69 Å². The molecule has 0 unspecified atom stereocenters. The van der Waals surface area contributed by atoms with Crippen LogP contribution in [0.15, 0.2) is 24.8 Å². The van der Waals surface area contributed by atoms with Crippen LogP contribution in [-0.4, -0.2) is 23.8 Å². The summed E-state index contributed by atoms with van der Waals surface area (Å²) in [6.07, 6.45) is 0.236. The molecular weight excluding hydrogens is 248 g/mol. The number of aromatic carboxylic acids is 1. The molecule has 0 aliphatic carbocycles. The second-order valence-electron chi connectivity index (χ2n) is 3.13. The number of hydrogen-bond acceptors (Lipinski definition) is 3. The average molecular weight is 257 g/mol. The van der Waals surface area contributed by atoms with Crippen LogP contribution in [0, 0.1) is 11.6 Å². The molecule has 0 saturated carbocycles. The molecule has 0 fully saturated rings. The third kappa shape index (κ3) is 3.27. The summed E-state index contributed by atoms with van der Waals surface area (Å²) in [6, 6.07) is 1.16. The van der Waals surface area contributed by atoms with Crippen molar-refractivity contribution in [1.82, 2.24) is 0 Å². The quantitative estimate of drug-likeness (QED) is 0.812. The smallest absolute Gasteiger partial charge is 0.412 e. The Morgan fingerprint density at radius 1 is 1.44 bits per heavy atom. The lowest BCUT2D eigenvalue weighted by molar-refractivity contribution is 0.0691. The maximum absolute atomic E-state index is 13.5. The van der Waals surface area contributed by atoms with Gasteiger partial charge in [0.15, 0.2) is 5.82 Å². The molecule has 7 heteroatoms. The van der Waals surface area contributed by atoms with E-state index in [0.29, 0.717) is 12.1 Å². The predicted octanol–water partition coefficient (Wildman–Crippen LogP) is 2.40. The highest BCUT2D eigenvalue weighted by molar-refractivity contribution is 5.92. The van der Waals surface area contributed by atoms with E-state index in [2.05, 4.69) is 11.3 Å². The Morgan fingerprint density at radius 3 is 2.67 bits per heavy atom. The fourth-order valence-electron chi connectivity index (χ4n) is 1.12. The molecule has 0 radical (unpaired) electrons. The van der Waals surface area contributed by atoms with Crippen molar-refractivity contribution in [2.24, 2.45) is 0 Å². The highest BCUT2D eigenvalue weighted by Gasteiger charge is 2.18. The summed E-state index contributed by atoms with van der Waals surface area (Å²) in [5, 5.41) is 10.5. The van der Waals surface area contributed by atoms with Crippen LogP contribution in [0.5, 0.6) is 0 Å². The second kappa shape index (κ2) is 5.76. The number of benzene rings is 1. The van der Waals surface area contributed by atoms with Crippen LogP contribution in [0.2, 0.25) is 0 Å². The Hall–Kier alpha value is -2.44. The van der Waals surface area contributed by atoms with Crippen LogP contribution in [0.3, 0.4) is 0 Å². The first-order valence-electron chi connectivity index (χ1n) is 4.72. The van der Waals surface area contributed by atoms with Gasteiger partial charge in [-0.1, -0.05) is 12.7 Å². The molecule has 96 valence electrons. The summed E-state index contributed by atoms with van der Waals surface area (Å²) in [5.74, 6) is -3.89. The van der Waals surface area contributed by atoms with E-state index in [4.69, 9.17) is 5.11 Å². The molecular formula is C11H9F2NO4. The summed E-state index contributed by atoms with van der Waals surface area (Å²) >= 11 is 0. The minimum absolute atomic E-state index is 0.117. The van der Waals surface area contributed by atoms with Crippen molar-refractivity contribution in [3.8, 4) is 0 Å². The second-order valence-corrected chi connectivity index (χ2v) is 3.13. The van der Waals surface area contributed by atoms with Crippen LogP contribution in [0.25, 0.3) is 0 Å². The van der Waals surface area contributed by atoms with Crippen LogP contribution in [0.1, 0.15) is 10.4 Å². The molecule has 2 N–H and O–H groups in total. The molecule has 1 aromatic carbocycles. The van der Waals surface area contributed by atoms with E-state index in [1.165, 1.54) is 6.08 Å². The molecule has 0 atom stereocenters. The number of carboxylic acids is 1. The zero-order chi connectivity index (χ0) is 13.7. The van der Waals surface area contributed by atoms with E-state index < -0.39 is 34.9 Å². The predicted molar refractivity (Wildman–Crippen MR) is 58.5 cm³/mol. The van der Waals surface area contributed by atoms with Crippen molar-refractivity contribution in [1.29, 1.82) is 0 Å². The first kappa shape index (κ1) is 13.6. The van der Waals surface area contributed by atoms with Crippen molar-refractivity contribution < 1.29 is 28.2 Å². The Morgan fingerprint density at radius 2 is 2.11 bits per heavy atom. The van der Waals surface area contributed by atoms with Gasteiger partial charge in [-0.2, -0.15) is 0 Å². The maximum atomic E-state index is 13.5. The van der Waals surface area contributed by atoms with Crippen LogP contribution in [-0.2, 0) is 4.74 Å². The number of halogens is 2. The third-order valence-corrected chi connectivity index (χ3v) is 1.84. The van der Waals surface area contributed by atoms with E-state index in [9.17, 15) is 18.4 Å². The van der Waals surface area contributed by atoms with E-state index in [-0.39, 0.29) is 6.61 Å². The molecule has 1 aromatic rings. The van der Waals surface area contributed by atoms with Crippen molar-refractivity contribution in [3.05, 3.63) is 42.0 Å². The molecule has 0 aliphatic heterocycles. The number of amides is 1. The lowest BCUT2D eigenvalue weighted by Gasteiger charge is -2.08. The maximum Gasteiger partial charge on any atom is 0.412 e. The highest BCUT2D eigenvalue weighted by atomic mass is 19.1.